The van der Waals surface area contributed by atoms with Crippen molar-refractivity contribution in [1.29, 1.82) is 0 Å². The van der Waals surface area contributed by atoms with Crippen LogP contribution in [0.5, 0.6) is 5.75 Å². The van der Waals surface area contributed by atoms with Crippen LogP contribution < -0.4 is 10.5 Å². The van der Waals surface area contributed by atoms with E-state index >= 15 is 0 Å². The molecule has 0 fully saturated rings. The first-order chi connectivity index (χ1) is 8.11. The molecule has 0 saturated carbocycles. The maximum atomic E-state index is 11.2. The number of aryl methyl sites for hydroxylation is 1. The second kappa shape index (κ2) is 4.55. The molecule has 0 aliphatic rings. The highest BCUT2D eigenvalue weighted by molar-refractivity contribution is 7.17. The zero-order chi connectivity index (χ0) is 12.4. The van der Waals surface area contributed by atoms with E-state index in [4.69, 9.17) is 10.5 Å². The van der Waals surface area contributed by atoms with E-state index < -0.39 is 5.91 Å². The summed E-state index contributed by atoms with van der Waals surface area (Å²) in [5.41, 5.74) is 6.86. The number of amides is 1. The third-order valence-corrected chi connectivity index (χ3v) is 3.56. The van der Waals surface area contributed by atoms with Crippen LogP contribution >= 0.6 is 11.3 Å². The number of primary amides is 1. The van der Waals surface area contributed by atoms with Crippen molar-refractivity contribution < 1.29 is 9.53 Å². The van der Waals surface area contributed by atoms with Crippen LogP contribution in [-0.2, 0) is 0 Å². The summed E-state index contributed by atoms with van der Waals surface area (Å²) in [4.78, 5) is 16.0. The van der Waals surface area contributed by atoms with Gasteiger partial charge in [0.1, 0.15) is 15.6 Å². The van der Waals surface area contributed by atoms with Crippen LogP contribution in [0.25, 0.3) is 10.6 Å². The highest BCUT2D eigenvalue weighted by Gasteiger charge is 2.13. The van der Waals surface area contributed by atoms with Crippen LogP contribution in [0.15, 0.2) is 24.3 Å². The third-order valence-electron chi connectivity index (χ3n) is 2.34. The van der Waals surface area contributed by atoms with Gasteiger partial charge in [-0.15, -0.1) is 11.3 Å². The molecule has 0 atom stereocenters. The molecule has 0 aliphatic carbocycles. The van der Waals surface area contributed by atoms with Crippen molar-refractivity contribution in [1.82, 2.24) is 4.98 Å². The summed E-state index contributed by atoms with van der Waals surface area (Å²) >= 11 is 1.30. The number of carbonyl (C=O) groups excluding carboxylic acids is 1. The molecule has 0 spiro atoms. The number of hydrogen-bond donors (Lipinski definition) is 1. The number of nitrogens with zero attached hydrogens (tertiary/aromatic N) is 1. The third kappa shape index (κ3) is 2.29. The van der Waals surface area contributed by atoms with E-state index in [0.29, 0.717) is 10.6 Å². The Morgan fingerprint density at radius 2 is 2.24 bits per heavy atom. The molecule has 0 unspecified atom stereocenters. The molecule has 0 bridgehead atoms. The monoisotopic (exact) mass is 248 g/mol. The van der Waals surface area contributed by atoms with Gasteiger partial charge in [-0.3, -0.25) is 4.79 Å². The average molecular weight is 248 g/mol. The number of hydrogen-bond acceptors (Lipinski definition) is 4. The summed E-state index contributed by atoms with van der Waals surface area (Å²) < 4.78 is 5.15. The van der Waals surface area contributed by atoms with E-state index in [-0.39, 0.29) is 0 Å². The molecule has 0 aliphatic heterocycles. The molecular weight excluding hydrogens is 236 g/mol. The molecule has 2 N–H and O–H groups in total. The topological polar surface area (TPSA) is 65.2 Å². The van der Waals surface area contributed by atoms with Gasteiger partial charge in [-0.05, 0) is 19.1 Å². The smallest absolute Gasteiger partial charge is 0.260 e. The number of carbonyl (C=O) groups is 1. The van der Waals surface area contributed by atoms with Crippen LogP contribution in [0, 0.1) is 6.92 Å². The Morgan fingerprint density at radius 1 is 1.47 bits per heavy atom. The predicted octanol–water partition coefficient (Wildman–Crippen LogP) is 2.23. The van der Waals surface area contributed by atoms with Gasteiger partial charge < -0.3 is 10.5 Å². The van der Waals surface area contributed by atoms with Gasteiger partial charge in [-0.1, -0.05) is 12.1 Å². The Hall–Kier alpha value is -1.88. The lowest BCUT2D eigenvalue weighted by Gasteiger charge is -2.00. The van der Waals surface area contributed by atoms with E-state index in [2.05, 4.69) is 4.98 Å². The molecule has 1 aromatic carbocycles. The minimum absolute atomic E-state index is 0.436. The second-order valence-corrected chi connectivity index (χ2v) is 4.53. The van der Waals surface area contributed by atoms with Gasteiger partial charge >= 0.3 is 0 Å². The lowest BCUT2D eigenvalue weighted by atomic mass is 10.2. The quantitative estimate of drug-likeness (QED) is 0.905. The van der Waals surface area contributed by atoms with E-state index in [9.17, 15) is 4.79 Å². The Labute approximate surface area is 103 Å². The van der Waals surface area contributed by atoms with Gasteiger partial charge in [0, 0.05) is 5.56 Å². The Kier molecular flexibility index (Phi) is 3.10. The molecule has 2 rings (SSSR count). The Balaban J connectivity index is 2.46. The van der Waals surface area contributed by atoms with Crippen molar-refractivity contribution in [2.75, 3.05) is 7.11 Å². The van der Waals surface area contributed by atoms with Crippen molar-refractivity contribution in [3.05, 3.63) is 34.8 Å². The summed E-state index contributed by atoms with van der Waals surface area (Å²) in [6.07, 6.45) is 0. The van der Waals surface area contributed by atoms with Crippen molar-refractivity contribution in [3.63, 3.8) is 0 Å². The lowest BCUT2D eigenvalue weighted by molar-refractivity contribution is 0.100. The summed E-state index contributed by atoms with van der Waals surface area (Å²) in [5.74, 6) is 0.324. The van der Waals surface area contributed by atoms with Crippen molar-refractivity contribution >= 4 is 17.2 Å². The number of ether oxygens (including phenoxy) is 1. The lowest BCUT2D eigenvalue weighted by Crippen LogP contribution is -2.09. The summed E-state index contributed by atoms with van der Waals surface area (Å²) in [6.45, 7) is 1.78. The van der Waals surface area contributed by atoms with Crippen molar-refractivity contribution in [2.24, 2.45) is 5.73 Å². The van der Waals surface area contributed by atoms with Gasteiger partial charge in [0.25, 0.3) is 5.91 Å². The first-order valence-corrected chi connectivity index (χ1v) is 5.85. The predicted molar refractivity (Wildman–Crippen MR) is 67.4 cm³/mol. The molecule has 5 heteroatoms. The summed E-state index contributed by atoms with van der Waals surface area (Å²) in [7, 11) is 1.61. The molecule has 1 aromatic heterocycles. The minimum Gasteiger partial charge on any atom is -0.497 e. The largest absolute Gasteiger partial charge is 0.497 e. The normalized spacial score (nSPS) is 10.2. The SMILES string of the molecule is COc1cccc(-c2nc(C)c(C(N)=O)s2)c1. The number of rotatable bonds is 3. The fourth-order valence-electron chi connectivity index (χ4n) is 1.50. The Bertz CT molecular complexity index is 563. The molecule has 1 amide bonds. The fraction of sp³-hybridized carbons (Fsp3) is 0.167. The highest BCUT2D eigenvalue weighted by Crippen LogP contribution is 2.29. The highest BCUT2D eigenvalue weighted by atomic mass is 32.1. The number of thiazole rings is 1. The van der Waals surface area contributed by atoms with Crippen LogP contribution in [0.3, 0.4) is 0 Å². The maximum Gasteiger partial charge on any atom is 0.260 e. The second-order valence-electron chi connectivity index (χ2n) is 3.53. The van der Waals surface area contributed by atoms with Crippen LogP contribution in [0.2, 0.25) is 0 Å². The van der Waals surface area contributed by atoms with Gasteiger partial charge in [-0.2, -0.15) is 0 Å². The average Bonchev–Trinajstić information content (AvgIpc) is 2.71. The molecule has 88 valence electrons. The van der Waals surface area contributed by atoms with Crippen molar-refractivity contribution in [2.45, 2.75) is 6.92 Å². The molecule has 2 aromatic rings. The maximum absolute atomic E-state index is 11.2. The molecule has 17 heavy (non-hydrogen) atoms. The van der Waals surface area contributed by atoms with E-state index in [1.807, 2.05) is 24.3 Å². The van der Waals surface area contributed by atoms with Gasteiger partial charge in [0.05, 0.1) is 12.8 Å². The Morgan fingerprint density at radius 3 is 2.82 bits per heavy atom. The molecule has 0 radical (unpaired) electrons. The van der Waals surface area contributed by atoms with Crippen LogP contribution in [-0.4, -0.2) is 18.0 Å². The van der Waals surface area contributed by atoms with Crippen molar-refractivity contribution in [3.8, 4) is 16.3 Å². The standard InChI is InChI=1S/C12H12N2O2S/c1-7-10(11(13)15)17-12(14-7)8-4-3-5-9(6-8)16-2/h3-6H,1-2H3,(H2,13,15). The first kappa shape index (κ1) is 11.6. The van der Waals surface area contributed by atoms with E-state index in [1.54, 1.807) is 14.0 Å². The van der Waals surface area contributed by atoms with Gasteiger partial charge in [0.2, 0.25) is 0 Å². The minimum atomic E-state index is -0.436. The van der Waals surface area contributed by atoms with E-state index in [0.717, 1.165) is 16.3 Å². The number of benzene rings is 1. The van der Waals surface area contributed by atoms with Crippen LogP contribution in [0.4, 0.5) is 0 Å². The number of nitrogens with two attached hydrogens (primary N) is 1. The first-order valence-electron chi connectivity index (χ1n) is 5.03. The number of aromatic nitrogens is 1. The summed E-state index contributed by atoms with van der Waals surface area (Å²) in [6, 6.07) is 7.54. The van der Waals surface area contributed by atoms with Gasteiger partial charge in [-0.25, -0.2) is 4.98 Å². The molecule has 1 heterocycles. The van der Waals surface area contributed by atoms with E-state index in [1.165, 1.54) is 11.3 Å². The fourth-order valence-corrected chi connectivity index (χ4v) is 2.42. The molecular formula is C12H12N2O2S. The number of methoxy groups -OCH3 is 1. The molecule has 0 saturated heterocycles. The van der Waals surface area contributed by atoms with Gasteiger partial charge in [0.15, 0.2) is 0 Å². The van der Waals surface area contributed by atoms with Crippen LogP contribution in [0.1, 0.15) is 15.4 Å². The summed E-state index contributed by atoms with van der Waals surface area (Å²) in [5, 5.41) is 0.773. The zero-order valence-electron chi connectivity index (χ0n) is 9.56. The zero-order valence-corrected chi connectivity index (χ0v) is 10.4. The molecule has 4 nitrogen and oxygen atoms in total.